The zero-order chi connectivity index (χ0) is 14.7. The summed E-state index contributed by atoms with van der Waals surface area (Å²) < 4.78 is 0. The van der Waals surface area contributed by atoms with E-state index in [1.54, 1.807) is 0 Å². The van der Waals surface area contributed by atoms with E-state index in [0.717, 1.165) is 32.7 Å². The molecule has 1 atom stereocenters. The van der Waals surface area contributed by atoms with Crippen LogP contribution in [-0.2, 0) is 0 Å². The molecule has 0 aliphatic carbocycles. The van der Waals surface area contributed by atoms with Crippen molar-refractivity contribution in [3.05, 3.63) is 34.9 Å². The highest BCUT2D eigenvalue weighted by Gasteiger charge is 2.21. The highest BCUT2D eigenvalue weighted by molar-refractivity contribution is 5.32. The third-order valence-electron chi connectivity index (χ3n) is 4.42. The van der Waals surface area contributed by atoms with Crippen molar-refractivity contribution in [3.63, 3.8) is 0 Å². The third-order valence-corrected chi connectivity index (χ3v) is 4.42. The first kappa shape index (κ1) is 15.5. The summed E-state index contributed by atoms with van der Waals surface area (Å²) >= 11 is 0. The Bertz CT molecular complexity index is 434. The summed E-state index contributed by atoms with van der Waals surface area (Å²) in [7, 11) is 0. The van der Waals surface area contributed by atoms with E-state index in [2.05, 4.69) is 55.7 Å². The lowest BCUT2D eigenvalue weighted by Crippen LogP contribution is -2.50. The van der Waals surface area contributed by atoms with Gasteiger partial charge in [-0.15, -0.1) is 0 Å². The molecule has 2 N–H and O–H groups in total. The molecule has 1 aliphatic rings. The van der Waals surface area contributed by atoms with E-state index in [4.69, 9.17) is 5.73 Å². The van der Waals surface area contributed by atoms with Crippen LogP contribution < -0.4 is 5.73 Å². The predicted octanol–water partition coefficient (Wildman–Crippen LogP) is 2.33. The maximum Gasteiger partial charge on any atom is 0.0426 e. The van der Waals surface area contributed by atoms with E-state index in [1.807, 2.05) is 0 Å². The minimum Gasteiger partial charge on any atom is -0.323 e. The number of piperazine rings is 1. The second kappa shape index (κ2) is 6.70. The van der Waals surface area contributed by atoms with Crippen molar-refractivity contribution in [1.82, 2.24) is 9.80 Å². The Morgan fingerprint density at radius 3 is 2.30 bits per heavy atom. The predicted molar refractivity (Wildman–Crippen MR) is 86.0 cm³/mol. The summed E-state index contributed by atoms with van der Waals surface area (Å²) in [5, 5.41) is 0. The summed E-state index contributed by atoms with van der Waals surface area (Å²) in [5.41, 5.74) is 10.3. The molecule has 3 heteroatoms. The second-order valence-corrected chi connectivity index (χ2v) is 6.40. The second-order valence-electron chi connectivity index (χ2n) is 6.40. The number of nitrogens with zero attached hydrogens (tertiary/aromatic N) is 2. The number of hydrogen-bond donors (Lipinski definition) is 1. The van der Waals surface area contributed by atoms with Crippen LogP contribution in [0.5, 0.6) is 0 Å². The van der Waals surface area contributed by atoms with Gasteiger partial charge in [-0.05, 0) is 38.8 Å². The molecule has 1 unspecified atom stereocenters. The first-order valence-corrected chi connectivity index (χ1v) is 7.76. The average Bonchev–Trinajstić information content (AvgIpc) is 2.39. The number of hydrogen-bond acceptors (Lipinski definition) is 3. The van der Waals surface area contributed by atoms with Gasteiger partial charge in [-0.2, -0.15) is 0 Å². The molecule has 1 aromatic carbocycles. The first-order chi connectivity index (χ1) is 9.47. The Kier molecular flexibility index (Phi) is 5.19. The van der Waals surface area contributed by atoms with E-state index in [0.29, 0.717) is 6.04 Å². The molecule has 1 aromatic rings. The van der Waals surface area contributed by atoms with Crippen molar-refractivity contribution < 1.29 is 0 Å². The summed E-state index contributed by atoms with van der Waals surface area (Å²) in [4.78, 5) is 5.04. The van der Waals surface area contributed by atoms with Crippen molar-refractivity contribution in [3.8, 4) is 0 Å². The molecule has 3 nitrogen and oxygen atoms in total. The van der Waals surface area contributed by atoms with Gasteiger partial charge in [0.1, 0.15) is 0 Å². The average molecular weight is 275 g/mol. The van der Waals surface area contributed by atoms with Crippen LogP contribution in [-0.4, -0.2) is 48.6 Å². The maximum absolute atomic E-state index is 6.42. The van der Waals surface area contributed by atoms with Gasteiger partial charge in [0.15, 0.2) is 0 Å². The molecule has 0 amide bonds. The zero-order valence-corrected chi connectivity index (χ0v) is 13.4. The highest BCUT2D eigenvalue weighted by Crippen LogP contribution is 2.19. The molecule has 112 valence electrons. The largest absolute Gasteiger partial charge is 0.323 e. The fourth-order valence-corrected chi connectivity index (χ4v) is 3.08. The quantitative estimate of drug-likeness (QED) is 0.915. The van der Waals surface area contributed by atoms with Crippen LogP contribution in [0.15, 0.2) is 18.2 Å². The number of benzene rings is 1. The SMILES string of the molecule is Cc1ccc(C(N)CN2CCN(C(C)C)CC2)c(C)c1. The summed E-state index contributed by atoms with van der Waals surface area (Å²) in [6.07, 6.45) is 0. The van der Waals surface area contributed by atoms with E-state index >= 15 is 0 Å². The van der Waals surface area contributed by atoms with Gasteiger partial charge in [0.2, 0.25) is 0 Å². The van der Waals surface area contributed by atoms with Gasteiger partial charge >= 0.3 is 0 Å². The van der Waals surface area contributed by atoms with Crippen LogP contribution >= 0.6 is 0 Å². The van der Waals surface area contributed by atoms with Gasteiger partial charge in [-0.25, -0.2) is 0 Å². The number of rotatable bonds is 4. The van der Waals surface area contributed by atoms with E-state index < -0.39 is 0 Å². The fourth-order valence-electron chi connectivity index (χ4n) is 3.08. The van der Waals surface area contributed by atoms with Crippen LogP contribution in [0.1, 0.15) is 36.6 Å². The molecule has 0 radical (unpaired) electrons. The minimum absolute atomic E-state index is 0.126. The van der Waals surface area contributed by atoms with E-state index in [-0.39, 0.29) is 6.04 Å². The molecule has 0 bridgehead atoms. The van der Waals surface area contributed by atoms with Crippen LogP contribution in [0.3, 0.4) is 0 Å². The molecule has 20 heavy (non-hydrogen) atoms. The van der Waals surface area contributed by atoms with Gasteiger partial charge in [0.25, 0.3) is 0 Å². The molecule has 0 saturated carbocycles. The van der Waals surface area contributed by atoms with Gasteiger partial charge in [-0.1, -0.05) is 23.8 Å². The highest BCUT2D eigenvalue weighted by atomic mass is 15.3. The molecular formula is C17H29N3. The smallest absolute Gasteiger partial charge is 0.0426 e. The third kappa shape index (κ3) is 3.81. The lowest BCUT2D eigenvalue weighted by molar-refractivity contribution is 0.104. The normalized spacial score (nSPS) is 19.5. The van der Waals surface area contributed by atoms with Crippen molar-refractivity contribution in [2.75, 3.05) is 32.7 Å². The Morgan fingerprint density at radius 1 is 1.10 bits per heavy atom. The number of nitrogens with two attached hydrogens (primary N) is 1. The van der Waals surface area contributed by atoms with Gasteiger partial charge in [0.05, 0.1) is 0 Å². The van der Waals surface area contributed by atoms with Crippen molar-refractivity contribution in [1.29, 1.82) is 0 Å². The van der Waals surface area contributed by atoms with Crippen LogP contribution in [0, 0.1) is 13.8 Å². The van der Waals surface area contributed by atoms with Crippen molar-refractivity contribution >= 4 is 0 Å². The Morgan fingerprint density at radius 2 is 1.75 bits per heavy atom. The molecule has 0 spiro atoms. The van der Waals surface area contributed by atoms with E-state index in [9.17, 15) is 0 Å². The molecular weight excluding hydrogens is 246 g/mol. The first-order valence-electron chi connectivity index (χ1n) is 7.76. The molecule has 1 saturated heterocycles. The van der Waals surface area contributed by atoms with Crippen LogP contribution in [0.4, 0.5) is 0 Å². The lowest BCUT2D eigenvalue weighted by Gasteiger charge is -2.38. The topological polar surface area (TPSA) is 32.5 Å². The fraction of sp³-hybridized carbons (Fsp3) is 0.647. The Balaban J connectivity index is 1.90. The Labute approximate surface area is 123 Å². The molecule has 1 fully saturated rings. The zero-order valence-electron chi connectivity index (χ0n) is 13.4. The summed E-state index contributed by atoms with van der Waals surface area (Å²) in [5.74, 6) is 0. The molecule has 0 aromatic heterocycles. The maximum atomic E-state index is 6.42. The van der Waals surface area contributed by atoms with Crippen molar-refractivity contribution in [2.24, 2.45) is 5.73 Å². The van der Waals surface area contributed by atoms with Crippen molar-refractivity contribution in [2.45, 2.75) is 39.8 Å². The standard InChI is InChI=1S/C17H29N3/c1-13(2)20-9-7-19(8-10-20)12-17(18)16-6-5-14(3)11-15(16)4/h5-6,11,13,17H,7-10,12,18H2,1-4H3. The number of aryl methyl sites for hydroxylation is 2. The van der Waals surface area contributed by atoms with Gasteiger partial charge < -0.3 is 5.73 Å². The summed E-state index contributed by atoms with van der Waals surface area (Å²) in [6.45, 7) is 14.4. The molecule has 1 aliphatic heterocycles. The molecule has 2 rings (SSSR count). The van der Waals surface area contributed by atoms with Gasteiger partial charge in [-0.3, -0.25) is 9.80 Å². The molecule has 1 heterocycles. The minimum atomic E-state index is 0.126. The monoisotopic (exact) mass is 275 g/mol. The Hall–Kier alpha value is -0.900. The van der Waals surface area contributed by atoms with Crippen LogP contribution in [0.2, 0.25) is 0 Å². The van der Waals surface area contributed by atoms with E-state index in [1.165, 1.54) is 16.7 Å². The van der Waals surface area contributed by atoms with Crippen LogP contribution in [0.25, 0.3) is 0 Å². The lowest BCUT2D eigenvalue weighted by atomic mass is 9.99. The summed E-state index contributed by atoms with van der Waals surface area (Å²) in [6, 6.07) is 7.37. The van der Waals surface area contributed by atoms with Gasteiger partial charge in [0, 0.05) is 44.8 Å².